The number of hydrogen-bond donors (Lipinski definition) is 1. The second-order valence-corrected chi connectivity index (χ2v) is 12.1. The Morgan fingerprint density at radius 1 is 0.854 bits per heavy atom. The molecule has 208 valence electrons. The molecular formula is C29H24ClN5O4S2. The Bertz CT molecular complexity index is 1730. The lowest BCUT2D eigenvalue weighted by Crippen LogP contribution is -2.32. The number of rotatable bonds is 11. The van der Waals surface area contributed by atoms with Crippen LogP contribution in [0.3, 0.4) is 0 Å². The predicted octanol–water partition coefficient (Wildman–Crippen LogP) is 6.38. The van der Waals surface area contributed by atoms with Gasteiger partial charge in [-0.2, -0.15) is 0 Å². The number of nitro groups is 1. The number of benzene rings is 4. The minimum Gasteiger partial charge on any atom is -0.273 e. The van der Waals surface area contributed by atoms with Crippen molar-refractivity contribution in [3.05, 3.63) is 141 Å². The molecule has 41 heavy (non-hydrogen) atoms. The van der Waals surface area contributed by atoms with Crippen LogP contribution >= 0.6 is 23.4 Å². The van der Waals surface area contributed by atoms with Crippen molar-refractivity contribution in [2.24, 2.45) is 0 Å². The van der Waals surface area contributed by atoms with E-state index >= 15 is 0 Å². The van der Waals surface area contributed by atoms with Crippen molar-refractivity contribution in [1.82, 2.24) is 19.5 Å². The van der Waals surface area contributed by atoms with Crippen molar-refractivity contribution in [1.29, 1.82) is 0 Å². The number of non-ortho nitro benzene ring substituents is 1. The van der Waals surface area contributed by atoms with Gasteiger partial charge in [0.1, 0.15) is 0 Å². The first-order valence-electron chi connectivity index (χ1n) is 12.5. The summed E-state index contributed by atoms with van der Waals surface area (Å²) in [6.07, 6.45) is 0.280. The number of hydrogen-bond acceptors (Lipinski definition) is 7. The SMILES string of the molecule is O=[N+]([O-])c1ccc(-n2c(SCc3ccccc3)nnc2C(Cc2ccccc2)NS(=O)(=O)c2ccc(Cl)cc2)cc1. The molecule has 0 saturated heterocycles. The van der Waals surface area contributed by atoms with E-state index in [1.165, 1.54) is 48.2 Å². The fourth-order valence-corrected chi connectivity index (χ4v) is 6.43. The molecule has 0 fully saturated rings. The molecule has 12 heteroatoms. The molecule has 5 aromatic rings. The van der Waals surface area contributed by atoms with Crippen LogP contribution in [-0.2, 0) is 22.2 Å². The zero-order valence-electron chi connectivity index (χ0n) is 21.5. The molecule has 1 N–H and O–H groups in total. The largest absolute Gasteiger partial charge is 0.273 e. The molecule has 4 aromatic carbocycles. The van der Waals surface area contributed by atoms with Crippen LogP contribution in [0.5, 0.6) is 0 Å². The Morgan fingerprint density at radius 2 is 1.46 bits per heavy atom. The second kappa shape index (κ2) is 12.6. The maximum absolute atomic E-state index is 13.5. The Balaban J connectivity index is 1.58. The molecule has 0 radical (unpaired) electrons. The summed E-state index contributed by atoms with van der Waals surface area (Å²) < 4.78 is 31.6. The monoisotopic (exact) mass is 605 g/mol. The summed E-state index contributed by atoms with van der Waals surface area (Å²) in [6.45, 7) is 0. The molecule has 1 atom stereocenters. The molecule has 0 amide bonds. The van der Waals surface area contributed by atoms with Crippen molar-refractivity contribution in [2.75, 3.05) is 0 Å². The molecule has 0 saturated carbocycles. The lowest BCUT2D eigenvalue weighted by atomic mass is 10.1. The number of nitrogens with zero attached hydrogens (tertiary/aromatic N) is 4. The highest BCUT2D eigenvalue weighted by Gasteiger charge is 2.28. The third-order valence-corrected chi connectivity index (χ3v) is 8.94. The molecule has 5 rings (SSSR count). The Hall–Kier alpha value is -4.03. The van der Waals surface area contributed by atoms with Crippen LogP contribution in [0.25, 0.3) is 5.69 Å². The van der Waals surface area contributed by atoms with Crippen molar-refractivity contribution in [3.8, 4) is 5.69 Å². The van der Waals surface area contributed by atoms with E-state index in [0.717, 1.165) is 11.1 Å². The number of thioether (sulfide) groups is 1. The fraction of sp³-hybridized carbons (Fsp3) is 0.103. The van der Waals surface area contributed by atoms with E-state index < -0.39 is 21.0 Å². The van der Waals surface area contributed by atoms with Gasteiger partial charge in [0.05, 0.1) is 15.9 Å². The van der Waals surface area contributed by atoms with Gasteiger partial charge in [-0.1, -0.05) is 84.0 Å². The van der Waals surface area contributed by atoms with Gasteiger partial charge in [0, 0.05) is 28.6 Å². The molecular weight excluding hydrogens is 582 g/mol. The van der Waals surface area contributed by atoms with E-state index in [1.807, 2.05) is 60.7 Å². The first-order valence-corrected chi connectivity index (χ1v) is 15.3. The first kappa shape index (κ1) is 28.5. The molecule has 9 nitrogen and oxygen atoms in total. The molecule has 0 spiro atoms. The highest BCUT2D eigenvalue weighted by Crippen LogP contribution is 2.30. The highest BCUT2D eigenvalue weighted by atomic mass is 35.5. The van der Waals surface area contributed by atoms with Gasteiger partial charge in [0.15, 0.2) is 11.0 Å². The summed E-state index contributed by atoms with van der Waals surface area (Å²) in [5, 5.41) is 21.1. The van der Waals surface area contributed by atoms with Gasteiger partial charge in [-0.05, 0) is 53.9 Å². The third-order valence-electron chi connectivity index (χ3n) is 6.20. The highest BCUT2D eigenvalue weighted by molar-refractivity contribution is 7.98. The molecule has 1 unspecified atom stereocenters. The molecule has 0 aliphatic rings. The minimum atomic E-state index is -3.99. The molecule has 0 bridgehead atoms. The number of nitrogens with one attached hydrogen (secondary N) is 1. The van der Waals surface area contributed by atoms with Crippen LogP contribution in [0.4, 0.5) is 5.69 Å². The van der Waals surface area contributed by atoms with E-state index in [4.69, 9.17) is 11.6 Å². The standard InChI is InChI=1S/C29H24ClN5O4S2/c30-23-11-17-26(18-12-23)41(38,39)33-27(19-21-7-3-1-4-8-21)28-31-32-29(40-20-22-9-5-2-6-10-22)34(28)24-13-15-25(16-14-24)35(36)37/h1-18,27,33H,19-20H2. The number of sulfonamides is 1. The normalized spacial score (nSPS) is 12.2. The van der Waals surface area contributed by atoms with E-state index in [1.54, 1.807) is 16.7 Å². The van der Waals surface area contributed by atoms with Crippen molar-refractivity contribution < 1.29 is 13.3 Å². The Morgan fingerprint density at radius 3 is 2.07 bits per heavy atom. The minimum absolute atomic E-state index is 0.0556. The molecule has 0 aliphatic heterocycles. The molecule has 1 aromatic heterocycles. The lowest BCUT2D eigenvalue weighted by molar-refractivity contribution is -0.384. The number of halogens is 1. The summed E-state index contributed by atoms with van der Waals surface area (Å²) in [5.41, 5.74) is 2.45. The average molecular weight is 606 g/mol. The molecule has 1 heterocycles. The predicted molar refractivity (Wildman–Crippen MR) is 159 cm³/mol. The Labute approximate surface area is 246 Å². The maximum atomic E-state index is 13.5. The summed E-state index contributed by atoms with van der Waals surface area (Å²) >= 11 is 7.41. The third kappa shape index (κ3) is 7.01. The van der Waals surface area contributed by atoms with Crippen molar-refractivity contribution in [3.63, 3.8) is 0 Å². The van der Waals surface area contributed by atoms with Gasteiger partial charge in [-0.25, -0.2) is 13.1 Å². The first-order chi connectivity index (χ1) is 19.8. The van der Waals surface area contributed by atoms with Crippen LogP contribution in [-0.4, -0.2) is 28.1 Å². The van der Waals surface area contributed by atoms with Gasteiger partial charge < -0.3 is 0 Å². The van der Waals surface area contributed by atoms with Gasteiger partial charge >= 0.3 is 0 Å². The van der Waals surface area contributed by atoms with Crippen molar-refractivity contribution >= 4 is 39.1 Å². The van der Waals surface area contributed by atoms with Gasteiger partial charge in [-0.3, -0.25) is 14.7 Å². The van der Waals surface area contributed by atoms with E-state index in [9.17, 15) is 18.5 Å². The average Bonchev–Trinajstić information content (AvgIpc) is 3.41. The fourth-order valence-electron chi connectivity index (χ4n) is 4.19. The van der Waals surface area contributed by atoms with E-state index in [2.05, 4.69) is 14.9 Å². The van der Waals surface area contributed by atoms with Gasteiger partial charge in [-0.15, -0.1) is 10.2 Å². The summed E-state index contributed by atoms with van der Waals surface area (Å²) in [4.78, 5) is 10.9. The second-order valence-electron chi connectivity index (χ2n) is 9.04. The summed E-state index contributed by atoms with van der Waals surface area (Å²) in [5.74, 6) is 0.932. The molecule has 0 aliphatic carbocycles. The van der Waals surface area contributed by atoms with Crippen LogP contribution in [0.15, 0.2) is 119 Å². The van der Waals surface area contributed by atoms with Gasteiger partial charge in [0.2, 0.25) is 10.0 Å². The van der Waals surface area contributed by atoms with Crippen molar-refractivity contribution in [2.45, 2.75) is 28.3 Å². The van der Waals surface area contributed by atoms with E-state index in [0.29, 0.717) is 27.4 Å². The number of aromatic nitrogens is 3. The smallest absolute Gasteiger partial charge is 0.269 e. The maximum Gasteiger partial charge on any atom is 0.269 e. The quantitative estimate of drug-likeness (QED) is 0.105. The van der Waals surface area contributed by atoms with Crippen LogP contribution in [0, 0.1) is 10.1 Å². The lowest BCUT2D eigenvalue weighted by Gasteiger charge is -2.20. The van der Waals surface area contributed by atoms with Crippen LogP contribution < -0.4 is 4.72 Å². The number of nitro benzene ring substituents is 1. The Kier molecular flexibility index (Phi) is 8.79. The van der Waals surface area contributed by atoms with E-state index in [-0.39, 0.29) is 17.0 Å². The van der Waals surface area contributed by atoms with Crippen LogP contribution in [0.1, 0.15) is 23.0 Å². The zero-order valence-corrected chi connectivity index (χ0v) is 23.9. The van der Waals surface area contributed by atoms with Crippen LogP contribution in [0.2, 0.25) is 5.02 Å². The zero-order chi connectivity index (χ0) is 28.8. The topological polar surface area (TPSA) is 120 Å². The van der Waals surface area contributed by atoms with Gasteiger partial charge in [0.25, 0.3) is 5.69 Å². The summed E-state index contributed by atoms with van der Waals surface area (Å²) in [6, 6.07) is 30.4. The summed E-state index contributed by atoms with van der Waals surface area (Å²) in [7, 11) is -3.99.